The van der Waals surface area contributed by atoms with E-state index in [0.29, 0.717) is 25.4 Å². The number of ether oxygens (including phenoxy) is 2. The molecule has 0 spiro atoms. The maximum atomic E-state index is 9.83. The highest BCUT2D eigenvalue weighted by Crippen LogP contribution is 2.22. The lowest BCUT2D eigenvalue weighted by molar-refractivity contribution is 0.104. The molecule has 1 aromatic carbocycles. The molecule has 1 unspecified atom stereocenters. The Labute approximate surface area is 118 Å². The Morgan fingerprint density at radius 3 is 3.00 bits per heavy atom. The average molecular weight is 276 g/mol. The minimum atomic E-state index is -0.564. The van der Waals surface area contributed by atoms with Gasteiger partial charge in [-0.05, 0) is 12.1 Å². The number of hydrogen-bond acceptors (Lipinski definition) is 5. The van der Waals surface area contributed by atoms with E-state index in [-0.39, 0.29) is 6.61 Å². The van der Waals surface area contributed by atoms with Crippen LogP contribution in [0.5, 0.6) is 5.75 Å². The summed E-state index contributed by atoms with van der Waals surface area (Å²) in [6, 6.07) is 9.64. The van der Waals surface area contributed by atoms with Crippen molar-refractivity contribution in [1.29, 1.82) is 0 Å². The highest BCUT2D eigenvalue weighted by molar-refractivity contribution is 5.84. The molecule has 1 heterocycles. The van der Waals surface area contributed by atoms with E-state index < -0.39 is 6.10 Å². The molecule has 0 aliphatic heterocycles. The van der Waals surface area contributed by atoms with E-state index in [0.717, 1.165) is 10.9 Å². The van der Waals surface area contributed by atoms with E-state index in [4.69, 9.17) is 9.47 Å². The van der Waals surface area contributed by atoms with Crippen molar-refractivity contribution in [2.45, 2.75) is 6.10 Å². The molecule has 0 fully saturated rings. The third-order valence-corrected chi connectivity index (χ3v) is 2.89. The third kappa shape index (κ3) is 4.16. The van der Waals surface area contributed by atoms with Crippen LogP contribution in [0.15, 0.2) is 36.5 Å². The van der Waals surface area contributed by atoms with Gasteiger partial charge in [0, 0.05) is 31.8 Å². The summed E-state index contributed by atoms with van der Waals surface area (Å²) in [5.41, 5.74) is 0.814. The highest BCUT2D eigenvalue weighted by atomic mass is 16.5. The summed E-state index contributed by atoms with van der Waals surface area (Å²) >= 11 is 0. The fraction of sp³-hybridized carbons (Fsp3) is 0.400. The summed E-state index contributed by atoms with van der Waals surface area (Å²) in [4.78, 5) is 4.31. The van der Waals surface area contributed by atoms with Gasteiger partial charge in [-0.15, -0.1) is 0 Å². The maximum absolute atomic E-state index is 9.83. The summed E-state index contributed by atoms with van der Waals surface area (Å²) < 4.78 is 10.6. The van der Waals surface area contributed by atoms with Crippen LogP contribution in [0.3, 0.4) is 0 Å². The Kier molecular flexibility index (Phi) is 5.73. The Morgan fingerprint density at radius 2 is 2.15 bits per heavy atom. The molecular formula is C15H20N2O3. The molecule has 1 aromatic heterocycles. The fourth-order valence-corrected chi connectivity index (χ4v) is 1.88. The Balaban J connectivity index is 1.86. The zero-order valence-electron chi connectivity index (χ0n) is 11.6. The quantitative estimate of drug-likeness (QED) is 0.710. The minimum absolute atomic E-state index is 0.232. The van der Waals surface area contributed by atoms with Crippen molar-refractivity contribution < 1.29 is 14.6 Å². The number of hydrogen-bond donors (Lipinski definition) is 2. The molecule has 2 aromatic rings. The normalized spacial score (nSPS) is 12.5. The van der Waals surface area contributed by atoms with Crippen molar-refractivity contribution in [3.8, 4) is 5.75 Å². The molecule has 2 rings (SSSR count). The third-order valence-electron chi connectivity index (χ3n) is 2.89. The summed E-state index contributed by atoms with van der Waals surface area (Å²) in [7, 11) is 1.65. The van der Waals surface area contributed by atoms with Gasteiger partial charge in [-0.2, -0.15) is 0 Å². The second-order valence-corrected chi connectivity index (χ2v) is 4.49. The van der Waals surface area contributed by atoms with Gasteiger partial charge in [0.05, 0.1) is 6.61 Å². The first-order valence-electron chi connectivity index (χ1n) is 6.65. The lowest BCUT2D eigenvalue weighted by Crippen LogP contribution is -2.33. The van der Waals surface area contributed by atoms with Gasteiger partial charge in [0.2, 0.25) is 0 Å². The number of aliphatic hydroxyl groups is 1. The first-order chi connectivity index (χ1) is 9.81. The second kappa shape index (κ2) is 7.79. The molecule has 0 saturated carbocycles. The summed E-state index contributed by atoms with van der Waals surface area (Å²) in [5.74, 6) is 0.694. The van der Waals surface area contributed by atoms with Crippen LogP contribution >= 0.6 is 0 Å². The molecule has 0 aliphatic rings. The van der Waals surface area contributed by atoms with E-state index in [1.165, 1.54) is 0 Å². The monoisotopic (exact) mass is 276 g/mol. The number of aliphatic hydroxyl groups excluding tert-OH is 1. The Hall–Kier alpha value is -1.69. The van der Waals surface area contributed by atoms with Crippen molar-refractivity contribution in [2.75, 3.05) is 33.4 Å². The van der Waals surface area contributed by atoms with Gasteiger partial charge in [0.15, 0.2) is 0 Å². The minimum Gasteiger partial charge on any atom is -0.489 e. The van der Waals surface area contributed by atoms with Crippen LogP contribution in [0.25, 0.3) is 10.9 Å². The van der Waals surface area contributed by atoms with Crippen molar-refractivity contribution in [1.82, 2.24) is 10.3 Å². The molecule has 0 amide bonds. The smallest absolute Gasteiger partial charge is 0.145 e. The number of nitrogens with one attached hydrogen (secondary N) is 1. The SMILES string of the molecule is COCCNCC(O)COc1cccc2cccnc12. The predicted molar refractivity (Wildman–Crippen MR) is 78.0 cm³/mol. The largest absolute Gasteiger partial charge is 0.489 e. The second-order valence-electron chi connectivity index (χ2n) is 4.49. The molecule has 0 saturated heterocycles. The van der Waals surface area contributed by atoms with Crippen LogP contribution in [0.1, 0.15) is 0 Å². The molecular weight excluding hydrogens is 256 g/mol. The van der Waals surface area contributed by atoms with Gasteiger partial charge in [0.1, 0.15) is 24.0 Å². The van der Waals surface area contributed by atoms with E-state index in [1.54, 1.807) is 13.3 Å². The van der Waals surface area contributed by atoms with Crippen LogP contribution in [0.2, 0.25) is 0 Å². The standard InChI is InChI=1S/C15H20N2O3/c1-19-9-8-16-10-13(18)11-20-14-6-2-4-12-5-3-7-17-15(12)14/h2-7,13,16,18H,8-11H2,1H3. The number of aromatic nitrogens is 1. The zero-order valence-corrected chi connectivity index (χ0v) is 11.6. The van der Waals surface area contributed by atoms with E-state index in [1.807, 2.05) is 30.3 Å². The Bertz CT molecular complexity index is 528. The molecule has 5 heteroatoms. The number of rotatable bonds is 8. The van der Waals surface area contributed by atoms with Gasteiger partial charge < -0.3 is 19.9 Å². The van der Waals surface area contributed by atoms with Gasteiger partial charge in [-0.3, -0.25) is 4.98 Å². The summed E-state index contributed by atoms with van der Waals surface area (Å²) in [5, 5.41) is 13.9. The predicted octanol–water partition coefficient (Wildman–Crippen LogP) is 1.21. The lowest BCUT2D eigenvalue weighted by Gasteiger charge is -2.14. The van der Waals surface area contributed by atoms with E-state index in [2.05, 4.69) is 10.3 Å². The van der Waals surface area contributed by atoms with Gasteiger partial charge in [-0.1, -0.05) is 18.2 Å². The van der Waals surface area contributed by atoms with Crippen LogP contribution in [0.4, 0.5) is 0 Å². The van der Waals surface area contributed by atoms with Crippen molar-refractivity contribution in [3.63, 3.8) is 0 Å². The molecule has 0 radical (unpaired) electrons. The molecule has 0 bridgehead atoms. The average Bonchev–Trinajstić information content (AvgIpc) is 2.49. The molecule has 5 nitrogen and oxygen atoms in total. The van der Waals surface area contributed by atoms with Gasteiger partial charge >= 0.3 is 0 Å². The number of fused-ring (bicyclic) bond motifs is 1. The fourth-order valence-electron chi connectivity index (χ4n) is 1.88. The Morgan fingerprint density at radius 1 is 1.30 bits per heavy atom. The number of nitrogens with zero attached hydrogens (tertiary/aromatic N) is 1. The lowest BCUT2D eigenvalue weighted by atomic mass is 10.2. The highest BCUT2D eigenvalue weighted by Gasteiger charge is 2.07. The number of pyridine rings is 1. The first kappa shape index (κ1) is 14.7. The van der Waals surface area contributed by atoms with Crippen LogP contribution in [-0.4, -0.2) is 49.6 Å². The van der Waals surface area contributed by atoms with Crippen molar-refractivity contribution in [3.05, 3.63) is 36.5 Å². The molecule has 1 atom stereocenters. The zero-order chi connectivity index (χ0) is 14.2. The molecule has 0 aliphatic carbocycles. The molecule has 108 valence electrons. The van der Waals surface area contributed by atoms with Crippen LogP contribution in [-0.2, 0) is 4.74 Å². The molecule has 2 N–H and O–H groups in total. The number of para-hydroxylation sites is 1. The van der Waals surface area contributed by atoms with Crippen LogP contribution in [0, 0.1) is 0 Å². The topological polar surface area (TPSA) is 63.6 Å². The number of methoxy groups -OCH3 is 1. The van der Waals surface area contributed by atoms with Gasteiger partial charge in [-0.25, -0.2) is 0 Å². The van der Waals surface area contributed by atoms with Crippen molar-refractivity contribution in [2.24, 2.45) is 0 Å². The van der Waals surface area contributed by atoms with Crippen molar-refractivity contribution >= 4 is 10.9 Å². The van der Waals surface area contributed by atoms with E-state index in [9.17, 15) is 5.11 Å². The molecule has 20 heavy (non-hydrogen) atoms. The summed E-state index contributed by atoms with van der Waals surface area (Å²) in [6.07, 6.45) is 1.17. The number of benzene rings is 1. The van der Waals surface area contributed by atoms with Crippen LogP contribution < -0.4 is 10.1 Å². The summed E-state index contributed by atoms with van der Waals surface area (Å²) in [6.45, 7) is 2.04. The maximum Gasteiger partial charge on any atom is 0.145 e. The first-order valence-corrected chi connectivity index (χ1v) is 6.65. The van der Waals surface area contributed by atoms with Gasteiger partial charge in [0.25, 0.3) is 0 Å². The van der Waals surface area contributed by atoms with E-state index >= 15 is 0 Å².